The summed E-state index contributed by atoms with van der Waals surface area (Å²) >= 11 is 5.87. The first-order valence-electron chi connectivity index (χ1n) is 4.59. The van der Waals surface area contributed by atoms with E-state index in [1.807, 2.05) is 0 Å². The molecule has 0 spiro atoms. The second-order valence-electron chi connectivity index (χ2n) is 3.48. The summed E-state index contributed by atoms with van der Waals surface area (Å²) in [5.41, 5.74) is 0.166. The van der Waals surface area contributed by atoms with Gasteiger partial charge in [-0.2, -0.15) is 5.10 Å². The molecule has 0 saturated heterocycles. The lowest BCUT2D eigenvalue weighted by Gasteiger charge is -2.05. The van der Waals surface area contributed by atoms with Gasteiger partial charge in [-0.15, -0.1) is 0 Å². The molecule has 1 aromatic carbocycles. The van der Waals surface area contributed by atoms with Crippen molar-refractivity contribution in [3.8, 4) is 11.1 Å². The molecule has 0 aliphatic heterocycles. The number of nitrogens with zero attached hydrogens (tertiary/aromatic N) is 1. The van der Waals surface area contributed by atoms with Crippen LogP contribution in [-0.4, -0.2) is 24.9 Å². The SMILES string of the molecule is CS(=O)(=O)c1[nH]ncc1-c1c(F)cccc1Cl. The summed E-state index contributed by atoms with van der Waals surface area (Å²) in [5, 5.41) is 5.94. The third-order valence-corrected chi connectivity index (χ3v) is 3.58. The summed E-state index contributed by atoms with van der Waals surface area (Å²) in [7, 11) is -3.52. The minimum absolute atomic E-state index is 0.0309. The highest BCUT2D eigenvalue weighted by atomic mass is 35.5. The number of hydrogen-bond acceptors (Lipinski definition) is 3. The molecule has 90 valence electrons. The Morgan fingerprint density at radius 3 is 2.71 bits per heavy atom. The number of nitrogens with one attached hydrogen (secondary N) is 1. The summed E-state index contributed by atoms with van der Waals surface area (Å²) in [4.78, 5) is 0. The molecule has 1 N–H and O–H groups in total. The predicted molar refractivity (Wildman–Crippen MR) is 62.1 cm³/mol. The maximum absolute atomic E-state index is 13.7. The first-order valence-corrected chi connectivity index (χ1v) is 6.86. The normalized spacial score (nSPS) is 11.7. The zero-order chi connectivity index (χ0) is 12.6. The fourth-order valence-corrected chi connectivity index (χ4v) is 2.53. The molecule has 0 aliphatic carbocycles. The number of rotatable bonds is 2. The Morgan fingerprint density at radius 2 is 2.12 bits per heavy atom. The van der Waals surface area contributed by atoms with Crippen LogP contribution in [0.5, 0.6) is 0 Å². The molecule has 0 saturated carbocycles. The molecule has 2 aromatic rings. The summed E-state index contributed by atoms with van der Waals surface area (Å²) in [5.74, 6) is -0.594. The molecule has 4 nitrogen and oxygen atoms in total. The van der Waals surface area contributed by atoms with Gasteiger partial charge in [0.05, 0.1) is 11.2 Å². The van der Waals surface area contributed by atoms with E-state index in [-0.39, 0.29) is 21.2 Å². The molecule has 17 heavy (non-hydrogen) atoms. The van der Waals surface area contributed by atoms with E-state index in [0.29, 0.717) is 0 Å². The molecular weight excluding hydrogens is 267 g/mol. The third-order valence-electron chi connectivity index (χ3n) is 2.21. The summed E-state index contributed by atoms with van der Waals surface area (Å²) in [6, 6.07) is 4.14. The first kappa shape index (κ1) is 12.1. The Balaban J connectivity index is 2.75. The van der Waals surface area contributed by atoms with Gasteiger partial charge in [-0.1, -0.05) is 17.7 Å². The summed E-state index contributed by atoms with van der Waals surface area (Å²) < 4.78 is 36.6. The molecule has 1 aromatic heterocycles. The van der Waals surface area contributed by atoms with Crippen LogP contribution in [0.25, 0.3) is 11.1 Å². The topological polar surface area (TPSA) is 62.8 Å². The van der Waals surface area contributed by atoms with Gasteiger partial charge in [-0.05, 0) is 12.1 Å². The van der Waals surface area contributed by atoms with Crippen LogP contribution in [0, 0.1) is 5.82 Å². The Kier molecular flexibility index (Phi) is 2.92. The Labute approximate surface area is 102 Å². The minimum Gasteiger partial charge on any atom is -0.267 e. The predicted octanol–water partition coefficient (Wildman–Crippen LogP) is 2.27. The Bertz CT molecular complexity index is 646. The molecule has 1 heterocycles. The molecule has 2 rings (SSSR count). The van der Waals surface area contributed by atoms with Crippen molar-refractivity contribution in [2.75, 3.05) is 6.26 Å². The minimum atomic E-state index is -3.52. The van der Waals surface area contributed by atoms with Gasteiger partial charge in [0, 0.05) is 17.4 Å². The number of halogens is 2. The van der Waals surface area contributed by atoms with Gasteiger partial charge in [-0.25, -0.2) is 12.8 Å². The van der Waals surface area contributed by atoms with Crippen molar-refractivity contribution >= 4 is 21.4 Å². The van der Waals surface area contributed by atoms with Crippen LogP contribution in [0.1, 0.15) is 0 Å². The standard InChI is InChI=1S/C10H8ClFN2O2S/c1-17(15,16)10-6(5-13-14-10)9-7(11)3-2-4-8(9)12/h2-5H,1H3,(H,13,14). The van der Waals surface area contributed by atoms with E-state index in [1.165, 1.54) is 24.4 Å². The van der Waals surface area contributed by atoms with E-state index < -0.39 is 15.7 Å². The monoisotopic (exact) mass is 274 g/mol. The molecule has 0 fully saturated rings. The van der Waals surface area contributed by atoms with E-state index in [0.717, 1.165) is 6.26 Å². The zero-order valence-electron chi connectivity index (χ0n) is 8.74. The van der Waals surface area contributed by atoms with Crippen LogP contribution in [0.2, 0.25) is 5.02 Å². The van der Waals surface area contributed by atoms with Gasteiger partial charge in [-0.3, -0.25) is 5.10 Å². The second-order valence-corrected chi connectivity index (χ2v) is 5.84. The van der Waals surface area contributed by atoms with Crippen LogP contribution in [0.3, 0.4) is 0 Å². The van der Waals surface area contributed by atoms with Crippen LogP contribution < -0.4 is 0 Å². The maximum atomic E-state index is 13.7. The molecule has 0 bridgehead atoms. The van der Waals surface area contributed by atoms with Crippen molar-refractivity contribution in [2.24, 2.45) is 0 Å². The van der Waals surface area contributed by atoms with E-state index >= 15 is 0 Å². The lowest BCUT2D eigenvalue weighted by molar-refractivity contribution is 0.598. The summed E-state index contributed by atoms with van der Waals surface area (Å²) in [6.45, 7) is 0. The molecule has 0 amide bonds. The number of benzene rings is 1. The van der Waals surface area contributed by atoms with Crippen molar-refractivity contribution in [1.82, 2.24) is 10.2 Å². The molecule has 0 unspecified atom stereocenters. The van der Waals surface area contributed by atoms with Crippen molar-refractivity contribution in [1.29, 1.82) is 0 Å². The van der Waals surface area contributed by atoms with Crippen LogP contribution in [-0.2, 0) is 9.84 Å². The van der Waals surface area contributed by atoms with Gasteiger partial charge in [0.15, 0.2) is 14.9 Å². The fourth-order valence-electron chi connectivity index (χ4n) is 1.49. The Hall–Kier alpha value is -1.40. The van der Waals surface area contributed by atoms with E-state index in [9.17, 15) is 12.8 Å². The maximum Gasteiger partial charge on any atom is 0.192 e. The van der Waals surface area contributed by atoms with E-state index in [1.54, 1.807) is 0 Å². The smallest absolute Gasteiger partial charge is 0.192 e. The fraction of sp³-hybridized carbons (Fsp3) is 0.100. The number of hydrogen-bond donors (Lipinski definition) is 1. The average molecular weight is 275 g/mol. The van der Waals surface area contributed by atoms with Crippen LogP contribution in [0.15, 0.2) is 29.4 Å². The van der Waals surface area contributed by atoms with E-state index in [4.69, 9.17) is 11.6 Å². The highest BCUT2D eigenvalue weighted by molar-refractivity contribution is 7.90. The number of sulfone groups is 1. The largest absolute Gasteiger partial charge is 0.267 e. The van der Waals surface area contributed by atoms with Gasteiger partial charge in [0.2, 0.25) is 0 Å². The van der Waals surface area contributed by atoms with Gasteiger partial charge in [0.25, 0.3) is 0 Å². The third kappa shape index (κ3) is 2.18. The van der Waals surface area contributed by atoms with Gasteiger partial charge in [0.1, 0.15) is 5.82 Å². The summed E-state index contributed by atoms with van der Waals surface area (Å²) in [6.07, 6.45) is 2.25. The second kappa shape index (κ2) is 4.12. The van der Waals surface area contributed by atoms with Crippen LogP contribution >= 0.6 is 11.6 Å². The lowest BCUT2D eigenvalue weighted by Crippen LogP contribution is -2.00. The highest BCUT2D eigenvalue weighted by Crippen LogP contribution is 2.33. The van der Waals surface area contributed by atoms with Crippen molar-refractivity contribution in [2.45, 2.75) is 5.03 Å². The molecule has 0 radical (unpaired) electrons. The van der Waals surface area contributed by atoms with Gasteiger partial charge < -0.3 is 0 Å². The quantitative estimate of drug-likeness (QED) is 0.914. The molecular formula is C10H8ClFN2O2S. The van der Waals surface area contributed by atoms with Crippen molar-refractivity contribution in [3.63, 3.8) is 0 Å². The number of H-pyrrole nitrogens is 1. The number of aromatic nitrogens is 2. The average Bonchev–Trinajstić information content (AvgIpc) is 2.65. The first-order chi connectivity index (χ1) is 7.91. The highest BCUT2D eigenvalue weighted by Gasteiger charge is 2.21. The zero-order valence-corrected chi connectivity index (χ0v) is 10.3. The Morgan fingerprint density at radius 1 is 1.41 bits per heavy atom. The van der Waals surface area contributed by atoms with Gasteiger partial charge >= 0.3 is 0 Å². The molecule has 0 aliphatic rings. The molecule has 0 atom stereocenters. The van der Waals surface area contributed by atoms with E-state index in [2.05, 4.69) is 10.2 Å². The van der Waals surface area contributed by atoms with Crippen molar-refractivity contribution in [3.05, 3.63) is 35.2 Å². The lowest BCUT2D eigenvalue weighted by atomic mass is 10.1. The molecule has 7 heteroatoms. The van der Waals surface area contributed by atoms with Crippen LogP contribution in [0.4, 0.5) is 4.39 Å². The van der Waals surface area contributed by atoms with Crippen molar-refractivity contribution < 1.29 is 12.8 Å². The number of aromatic amines is 1.